The molecule has 0 N–H and O–H groups in total. The third kappa shape index (κ3) is 1.00. The van der Waals surface area contributed by atoms with E-state index < -0.39 is 0 Å². The lowest BCUT2D eigenvalue weighted by Crippen LogP contribution is -2.11. The molecule has 14 heavy (non-hydrogen) atoms. The summed E-state index contributed by atoms with van der Waals surface area (Å²) in [6.07, 6.45) is 1.98. The highest BCUT2D eigenvalue weighted by molar-refractivity contribution is 5.89. The van der Waals surface area contributed by atoms with Crippen LogP contribution in [0.3, 0.4) is 0 Å². The second-order valence-corrected chi connectivity index (χ2v) is 3.72. The first kappa shape index (κ1) is 7.80. The molecular formula is C12H10O2. The number of para-hydroxylation sites is 1. The number of carbonyl (C=O) groups excluding carboxylic acids is 1. The summed E-state index contributed by atoms with van der Waals surface area (Å²) in [6.45, 7) is 0. The fraction of sp³-hybridized carbons (Fsp3) is 0.250. The maximum Gasteiger partial charge on any atom is 0.140 e. The van der Waals surface area contributed by atoms with Gasteiger partial charge in [0.25, 0.3) is 0 Å². The monoisotopic (exact) mass is 186 g/mol. The summed E-state index contributed by atoms with van der Waals surface area (Å²) < 4.78 is 5.64. The minimum absolute atomic E-state index is 0.288. The smallest absolute Gasteiger partial charge is 0.140 e. The van der Waals surface area contributed by atoms with Gasteiger partial charge in [-0.15, -0.1) is 0 Å². The van der Waals surface area contributed by atoms with Gasteiger partial charge in [-0.05, 0) is 12.5 Å². The Morgan fingerprint density at radius 3 is 2.93 bits per heavy atom. The molecule has 0 radical (unpaired) electrons. The van der Waals surface area contributed by atoms with Gasteiger partial charge < -0.3 is 4.42 Å². The molecule has 2 aromatic rings. The summed E-state index contributed by atoms with van der Waals surface area (Å²) >= 11 is 0. The molecule has 0 fully saturated rings. The van der Waals surface area contributed by atoms with E-state index in [-0.39, 0.29) is 5.78 Å². The van der Waals surface area contributed by atoms with Gasteiger partial charge in [-0.2, -0.15) is 0 Å². The van der Waals surface area contributed by atoms with Gasteiger partial charge in [0, 0.05) is 17.4 Å². The highest BCUT2D eigenvalue weighted by Gasteiger charge is 2.21. The van der Waals surface area contributed by atoms with Crippen LogP contribution in [0.1, 0.15) is 17.7 Å². The Hall–Kier alpha value is -1.57. The molecule has 0 amide bonds. The van der Waals surface area contributed by atoms with Gasteiger partial charge in [0.2, 0.25) is 0 Å². The minimum atomic E-state index is 0.288. The molecule has 0 spiro atoms. The van der Waals surface area contributed by atoms with Gasteiger partial charge in [-0.25, -0.2) is 0 Å². The SMILES string of the molecule is O=C1CCc2c(oc3ccccc23)C1. The van der Waals surface area contributed by atoms with Crippen molar-refractivity contribution in [3.05, 3.63) is 35.6 Å². The average Bonchev–Trinajstić information content (AvgIpc) is 2.54. The highest BCUT2D eigenvalue weighted by atomic mass is 16.3. The van der Waals surface area contributed by atoms with E-state index in [1.165, 1.54) is 10.9 Å². The molecule has 3 rings (SSSR count). The first-order chi connectivity index (χ1) is 6.84. The van der Waals surface area contributed by atoms with Crippen LogP contribution < -0.4 is 0 Å². The van der Waals surface area contributed by atoms with E-state index in [0.29, 0.717) is 12.8 Å². The van der Waals surface area contributed by atoms with E-state index in [4.69, 9.17) is 4.42 Å². The average molecular weight is 186 g/mol. The van der Waals surface area contributed by atoms with Crippen LogP contribution in [0.15, 0.2) is 28.7 Å². The molecule has 1 aromatic carbocycles. The number of aryl methyl sites for hydroxylation is 1. The summed E-state index contributed by atoms with van der Waals surface area (Å²) in [5.74, 6) is 1.17. The third-order valence-electron chi connectivity index (χ3n) is 2.79. The predicted molar refractivity (Wildman–Crippen MR) is 53.2 cm³/mol. The summed E-state index contributed by atoms with van der Waals surface area (Å²) in [5.41, 5.74) is 2.15. The normalized spacial score (nSPS) is 15.9. The highest BCUT2D eigenvalue weighted by Crippen LogP contribution is 2.30. The van der Waals surface area contributed by atoms with Gasteiger partial charge in [0.05, 0.1) is 6.42 Å². The maximum absolute atomic E-state index is 11.2. The van der Waals surface area contributed by atoms with E-state index in [0.717, 1.165) is 17.8 Å². The third-order valence-corrected chi connectivity index (χ3v) is 2.79. The largest absolute Gasteiger partial charge is 0.460 e. The Morgan fingerprint density at radius 2 is 2.00 bits per heavy atom. The van der Waals surface area contributed by atoms with Crippen molar-refractivity contribution in [1.82, 2.24) is 0 Å². The fourth-order valence-electron chi connectivity index (χ4n) is 2.10. The molecular weight excluding hydrogens is 176 g/mol. The van der Waals surface area contributed by atoms with Crippen molar-refractivity contribution < 1.29 is 9.21 Å². The summed E-state index contributed by atoms with van der Waals surface area (Å²) in [7, 11) is 0. The lowest BCUT2D eigenvalue weighted by Gasteiger charge is -2.07. The Balaban J connectivity index is 2.29. The minimum Gasteiger partial charge on any atom is -0.460 e. The second-order valence-electron chi connectivity index (χ2n) is 3.72. The quantitative estimate of drug-likeness (QED) is 0.632. The number of Topliss-reactive ketones (excluding diaryl/α,β-unsaturated/α-hetero) is 1. The summed E-state index contributed by atoms with van der Waals surface area (Å²) in [4.78, 5) is 11.2. The maximum atomic E-state index is 11.2. The Labute approximate surface area is 81.5 Å². The van der Waals surface area contributed by atoms with E-state index in [1.54, 1.807) is 0 Å². The Kier molecular flexibility index (Phi) is 1.51. The molecule has 0 saturated carbocycles. The molecule has 0 bridgehead atoms. The zero-order valence-corrected chi connectivity index (χ0v) is 7.75. The summed E-state index contributed by atoms with van der Waals surface area (Å²) in [5, 5.41) is 1.18. The van der Waals surface area contributed by atoms with Gasteiger partial charge in [0.15, 0.2) is 0 Å². The number of carbonyl (C=O) groups is 1. The molecule has 70 valence electrons. The Morgan fingerprint density at radius 1 is 1.14 bits per heavy atom. The number of ketones is 1. The van der Waals surface area contributed by atoms with E-state index >= 15 is 0 Å². The van der Waals surface area contributed by atoms with Crippen molar-refractivity contribution in [2.24, 2.45) is 0 Å². The second kappa shape index (κ2) is 2.71. The van der Waals surface area contributed by atoms with Crippen LogP contribution in [0.4, 0.5) is 0 Å². The lowest BCUT2D eigenvalue weighted by molar-refractivity contribution is -0.119. The van der Waals surface area contributed by atoms with Crippen LogP contribution in [0.2, 0.25) is 0 Å². The molecule has 1 aliphatic rings. The molecule has 0 saturated heterocycles. The molecule has 2 nitrogen and oxygen atoms in total. The molecule has 0 unspecified atom stereocenters. The standard InChI is InChI=1S/C12H10O2/c13-8-5-6-10-9-3-1-2-4-11(9)14-12(10)7-8/h1-4H,5-7H2. The molecule has 0 aliphatic heterocycles. The van der Waals surface area contributed by atoms with Gasteiger partial charge >= 0.3 is 0 Å². The van der Waals surface area contributed by atoms with Crippen LogP contribution in [-0.4, -0.2) is 5.78 Å². The number of hydrogen-bond acceptors (Lipinski definition) is 2. The van der Waals surface area contributed by atoms with Gasteiger partial charge in [-0.3, -0.25) is 4.79 Å². The van der Waals surface area contributed by atoms with Crippen LogP contribution in [0.5, 0.6) is 0 Å². The van der Waals surface area contributed by atoms with Crippen molar-refractivity contribution in [1.29, 1.82) is 0 Å². The first-order valence-corrected chi connectivity index (χ1v) is 4.85. The van der Waals surface area contributed by atoms with Crippen LogP contribution in [0.25, 0.3) is 11.0 Å². The zero-order valence-electron chi connectivity index (χ0n) is 7.75. The van der Waals surface area contributed by atoms with Crippen molar-refractivity contribution in [2.45, 2.75) is 19.3 Å². The number of benzene rings is 1. The van der Waals surface area contributed by atoms with E-state index in [9.17, 15) is 4.79 Å². The zero-order chi connectivity index (χ0) is 9.54. The van der Waals surface area contributed by atoms with Crippen molar-refractivity contribution in [2.75, 3.05) is 0 Å². The van der Waals surface area contributed by atoms with Crippen LogP contribution in [0, 0.1) is 0 Å². The fourth-order valence-corrected chi connectivity index (χ4v) is 2.10. The molecule has 0 atom stereocenters. The van der Waals surface area contributed by atoms with Crippen molar-refractivity contribution >= 4 is 16.8 Å². The van der Waals surface area contributed by atoms with Crippen molar-refractivity contribution in [3.8, 4) is 0 Å². The molecule has 2 heteroatoms. The number of rotatable bonds is 0. The van der Waals surface area contributed by atoms with E-state index in [1.807, 2.05) is 18.2 Å². The lowest BCUT2D eigenvalue weighted by atomic mass is 9.95. The molecule has 1 aromatic heterocycles. The number of hydrogen-bond donors (Lipinski definition) is 0. The predicted octanol–water partition coefficient (Wildman–Crippen LogP) is 2.49. The summed E-state index contributed by atoms with van der Waals surface area (Å²) in [6, 6.07) is 7.99. The number of fused-ring (bicyclic) bond motifs is 3. The van der Waals surface area contributed by atoms with Crippen molar-refractivity contribution in [3.63, 3.8) is 0 Å². The molecule has 1 aliphatic carbocycles. The number of furan rings is 1. The van der Waals surface area contributed by atoms with Crippen LogP contribution in [-0.2, 0) is 17.6 Å². The van der Waals surface area contributed by atoms with Gasteiger partial charge in [-0.1, -0.05) is 18.2 Å². The first-order valence-electron chi connectivity index (χ1n) is 4.85. The van der Waals surface area contributed by atoms with Crippen LogP contribution >= 0.6 is 0 Å². The Bertz CT molecular complexity index is 508. The van der Waals surface area contributed by atoms with Gasteiger partial charge in [0.1, 0.15) is 17.1 Å². The topological polar surface area (TPSA) is 30.2 Å². The van der Waals surface area contributed by atoms with E-state index in [2.05, 4.69) is 6.07 Å². The molecule has 1 heterocycles.